The molecule has 0 saturated heterocycles. The van der Waals surface area contributed by atoms with E-state index in [2.05, 4.69) is 4.98 Å². The van der Waals surface area contributed by atoms with Crippen molar-refractivity contribution in [2.45, 2.75) is 0 Å². The smallest absolute Gasteiger partial charge is 0.277 e. The molecule has 0 aliphatic carbocycles. The minimum Gasteiger partial charge on any atom is -0.489 e. The molecule has 25 heavy (non-hydrogen) atoms. The quantitative estimate of drug-likeness (QED) is 0.656. The first-order valence-electron chi connectivity index (χ1n) is 7.57. The van der Waals surface area contributed by atoms with Crippen LogP contribution in [0.2, 0.25) is 5.02 Å². The topological polar surface area (TPSA) is 42.4 Å². The third-order valence-corrected chi connectivity index (χ3v) is 4.99. The summed E-state index contributed by atoms with van der Waals surface area (Å²) in [5.74, 6) is -0.257. The molecule has 7 heteroatoms. The van der Waals surface area contributed by atoms with E-state index >= 15 is 0 Å². The number of rotatable bonds is 2. The van der Waals surface area contributed by atoms with Crippen LogP contribution in [-0.4, -0.2) is 24.0 Å². The number of amides is 1. The first-order chi connectivity index (χ1) is 12.1. The van der Waals surface area contributed by atoms with Gasteiger partial charge in [0.15, 0.2) is 0 Å². The van der Waals surface area contributed by atoms with E-state index in [9.17, 15) is 9.18 Å². The number of hydrogen-bond donors (Lipinski definition) is 0. The van der Waals surface area contributed by atoms with Crippen molar-refractivity contribution in [3.63, 3.8) is 0 Å². The maximum atomic E-state index is 13.4. The molecular formula is C18H12ClFN2O2S. The highest BCUT2D eigenvalue weighted by Crippen LogP contribution is 2.33. The number of hydrogen-bond acceptors (Lipinski definition) is 4. The number of carbonyl (C=O) groups is 1. The Morgan fingerprint density at radius 3 is 2.84 bits per heavy atom. The van der Waals surface area contributed by atoms with Crippen LogP contribution in [-0.2, 0) is 0 Å². The van der Waals surface area contributed by atoms with Gasteiger partial charge in [0, 0.05) is 22.0 Å². The van der Waals surface area contributed by atoms with Crippen molar-refractivity contribution in [2.24, 2.45) is 0 Å². The molecular weight excluding hydrogens is 363 g/mol. The van der Waals surface area contributed by atoms with E-state index in [1.807, 2.05) is 12.1 Å². The largest absolute Gasteiger partial charge is 0.489 e. The predicted molar refractivity (Wildman–Crippen MR) is 96.1 cm³/mol. The van der Waals surface area contributed by atoms with Crippen molar-refractivity contribution in [1.82, 2.24) is 4.98 Å². The molecule has 0 unspecified atom stereocenters. The maximum absolute atomic E-state index is 13.4. The van der Waals surface area contributed by atoms with Crippen LogP contribution in [0.5, 0.6) is 5.75 Å². The Kier molecular flexibility index (Phi) is 4.15. The number of benzene rings is 2. The van der Waals surface area contributed by atoms with E-state index in [1.165, 1.54) is 23.5 Å². The molecule has 1 aromatic heterocycles. The molecule has 4 nitrogen and oxygen atoms in total. The van der Waals surface area contributed by atoms with Crippen molar-refractivity contribution in [3.8, 4) is 16.3 Å². The van der Waals surface area contributed by atoms with Gasteiger partial charge in [-0.05, 0) is 24.3 Å². The van der Waals surface area contributed by atoms with Crippen LogP contribution in [0.3, 0.4) is 0 Å². The fourth-order valence-corrected chi connectivity index (χ4v) is 3.57. The molecule has 0 bridgehead atoms. The van der Waals surface area contributed by atoms with Crippen LogP contribution in [0.4, 0.5) is 10.1 Å². The van der Waals surface area contributed by atoms with E-state index < -0.39 is 5.82 Å². The van der Waals surface area contributed by atoms with Gasteiger partial charge in [-0.15, -0.1) is 11.3 Å². The van der Waals surface area contributed by atoms with Crippen molar-refractivity contribution >= 4 is 34.5 Å². The average molecular weight is 375 g/mol. The van der Waals surface area contributed by atoms with Crippen LogP contribution in [0.15, 0.2) is 47.8 Å². The number of carbonyl (C=O) groups excluding carboxylic acids is 1. The van der Waals surface area contributed by atoms with E-state index in [4.69, 9.17) is 16.3 Å². The minimum atomic E-state index is -0.397. The fourth-order valence-electron chi connectivity index (χ4n) is 2.64. The van der Waals surface area contributed by atoms with Crippen molar-refractivity contribution in [2.75, 3.05) is 18.1 Å². The lowest BCUT2D eigenvalue weighted by atomic mass is 10.2. The van der Waals surface area contributed by atoms with Crippen LogP contribution < -0.4 is 9.64 Å². The van der Waals surface area contributed by atoms with Crippen molar-refractivity contribution in [3.05, 3.63) is 64.4 Å². The molecule has 0 radical (unpaired) electrons. The normalized spacial score (nSPS) is 13.3. The molecule has 3 aromatic rings. The van der Waals surface area contributed by atoms with Gasteiger partial charge in [0.25, 0.3) is 5.91 Å². The lowest BCUT2D eigenvalue weighted by Gasteiger charge is -2.28. The van der Waals surface area contributed by atoms with Gasteiger partial charge in [-0.3, -0.25) is 4.79 Å². The van der Waals surface area contributed by atoms with E-state index in [0.29, 0.717) is 35.3 Å². The summed E-state index contributed by atoms with van der Waals surface area (Å²) in [6.07, 6.45) is 0. The first-order valence-corrected chi connectivity index (χ1v) is 8.83. The lowest BCUT2D eigenvalue weighted by Crippen LogP contribution is -2.38. The van der Waals surface area contributed by atoms with Gasteiger partial charge in [0.2, 0.25) is 0 Å². The molecule has 1 aliphatic rings. The number of nitrogens with zero attached hydrogens (tertiary/aromatic N) is 2. The first kappa shape index (κ1) is 16.1. The average Bonchev–Trinajstić information content (AvgIpc) is 3.11. The molecule has 2 heterocycles. The minimum absolute atomic E-state index is 0.229. The highest BCUT2D eigenvalue weighted by molar-refractivity contribution is 7.13. The zero-order valence-electron chi connectivity index (χ0n) is 12.9. The van der Waals surface area contributed by atoms with Crippen LogP contribution in [0.1, 0.15) is 10.5 Å². The Labute approximate surface area is 152 Å². The summed E-state index contributed by atoms with van der Waals surface area (Å²) in [5, 5.41) is 3.12. The molecule has 0 fully saturated rings. The third kappa shape index (κ3) is 3.10. The van der Waals surface area contributed by atoms with Gasteiger partial charge in [0.1, 0.15) is 28.9 Å². The highest BCUT2D eigenvalue weighted by Gasteiger charge is 2.26. The Hall–Kier alpha value is -2.44. The summed E-state index contributed by atoms with van der Waals surface area (Å²) in [7, 11) is 0. The number of fused-ring (bicyclic) bond motifs is 1. The Morgan fingerprint density at radius 1 is 1.24 bits per heavy atom. The Bertz CT molecular complexity index is 943. The fraction of sp³-hybridized carbons (Fsp3) is 0.111. The van der Waals surface area contributed by atoms with Crippen molar-refractivity contribution in [1.29, 1.82) is 0 Å². The summed E-state index contributed by atoms with van der Waals surface area (Å²) in [6.45, 7) is 0.710. The zero-order valence-corrected chi connectivity index (χ0v) is 14.5. The van der Waals surface area contributed by atoms with E-state index in [1.54, 1.807) is 28.5 Å². The number of aromatic nitrogens is 1. The van der Waals surface area contributed by atoms with Crippen LogP contribution in [0, 0.1) is 5.82 Å². The molecule has 4 rings (SSSR count). The summed E-state index contributed by atoms with van der Waals surface area (Å²) >= 11 is 7.29. The van der Waals surface area contributed by atoms with Gasteiger partial charge < -0.3 is 9.64 Å². The molecule has 126 valence electrons. The lowest BCUT2D eigenvalue weighted by molar-refractivity contribution is 0.0972. The summed E-state index contributed by atoms with van der Waals surface area (Å²) in [4.78, 5) is 18.9. The number of thiazole rings is 1. The molecule has 0 atom stereocenters. The SMILES string of the molecule is O=C(c1csc(-c2ccc(Cl)cc2)n1)N1CCOc2cc(F)ccc21. The Balaban J connectivity index is 1.63. The molecule has 1 aliphatic heterocycles. The second kappa shape index (κ2) is 6.46. The zero-order chi connectivity index (χ0) is 17.4. The molecule has 0 spiro atoms. The summed E-state index contributed by atoms with van der Waals surface area (Å²) < 4.78 is 18.8. The van der Waals surface area contributed by atoms with Crippen molar-refractivity contribution < 1.29 is 13.9 Å². The summed E-state index contributed by atoms with van der Waals surface area (Å²) in [5.41, 5.74) is 1.81. The van der Waals surface area contributed by atoms with Crippen LogP contribution in [0.25, 0.3) is 10.6 Å². The monoisotopic (exact) mass is 374 g/mol. The molecule has 0 saturated carbocycles. The van der Waals surface area contributed by atoms with E-state index in [-0.39, 0.29) is 5.91 Å². The van der Waals surface area contributed by atoms with Gasteiger partial charge >= 0.3 is 0 Å². The number of anilines is 1. The highest BCUT2D eigenvalue weighted by atomic mass is 35.5. The maximum Gasteiger partial charge on any atom is 0.277 e. The van der Waals surface area contributed by atoms with Gasteiger partial charge in [0.05, 0.1) is 12.2 Å². The number of halogens is 2. The van der Waals surface area contributed by atoms with Crippen LogP contribution >= 0.6 is 22.9 Å². The summed E-state index contributed by atoms with van der Waals surface area (Å²) in [6, 6.07) is 11.4. The van der Waals surface area contributed by atoms with Gasteiger partial charge in [-0.2, -0.15) is 0 Å². The molecule has 0 N–H and O–H groups in total. The third-order valence-electron chi connectivity index (χ3n) is 3.84. The molecule has 2 aromatic carbocycles. The van der Waals surface area contributed by atoms with Gasteiger partial charge in [-0.1, -0.05) is 23.7 Å². The van der Waals surface area contributed by atoms with Gasteiger partial charge in [-0.25, -0.2) is 9.37 Å². The second-order valence-electron chi connectivity index (χ2n) is 5.46. The second-order valence-corrected chi connectivity index (χ2v) is 6.76. The number of ether oxygens (including phenoxy) is 1. The molecule has 1 amide bonds. The predicted octanol–water partition coefficient (Wildman–Crippen LogP) is 4.64. The Morgan fingerprint density at radius 2 is 2.04 bits per heavy atom. The van der Waals surface area contributed by atoms with E-state index in [0.717, 1.165) is 10.6 Å². The standard InChI is InChI=1S/C18H12ClFN2O2S/c19-12-3-1-11(2-4-12)17-21-14(10-25-17)18(23)22-7-8-24-16-9-13(20)5-6-15(16)22/h1-6,9-10H,7-8H2.